The van der Waals surface area contributed by atoms with E-state index in [0.717, 1.165) is 0 Å². The molecule has 0 bridgehead atoms. The van der Waals surface area contributed by atoms with Crippen molar-refractivity contribution < 1.29 is 9.26 Å². The second-order valence-corrected chi connectivity index (χ2v) is 5.47. The maximum absolute atomic E-state index is 6.10. The molecule has 20 heavy (non-hydrogen) atoms. The van der Waals surface area contributed by atoms with Gasteiger partial charge in [0.05, 0.1) is 13.0 Å². The number of ether oxygens (including phenoxy) is 1. The molecule has 1 atom stereocenters. The molecule has 0 saturated heterocycles. The minimum atomic E-state index is -0.738. The molecule has 1 aromatic heterocycles. The van der Waals surface area contributed by atoms with Gasteiger partial charge in [0.15, 0.2) is 5.82 Å². The van der Waals surface area contributed by atoms with Gasteiger partial charge in [0.2, 0.25) is 5.89 Å². The van der Waals surface area contributed by atoms with E-state index in [2.05, 4.69) is 42.2 Å². The summed E-state index contributed by atoms with van der Waals surface area (Å²) < 4.78 is 10.4. The van der Waals surface area contributed by atoms with Crippen molar-refractivity contribution >= 4 is 0 Å². The Labute approximate surface area is 119 Å². The zero-order valence-corrected chi connectivity index (χ0v) is 12.4. The third-order valence-electron chi connectivity index (χ3n) is 3.27. The molecular weight excluding hydrogens is 254 g/mol. The number of methoxy groups -OCH3 is 1. The summed E-state index contributed by atoms with van der Waals surface area (Å²) in [6, 6.07) is 6.32. The minimum Gasteiger partial charge on any atom is -0.382 e. The largest absolute Gasteiger partial charge is 0.382 e. The Morgan fingerprint density at radius 3 is 2.80 bits per heavy atom. The van der Waals surface area contributed by atoms with Crippen molar-refractivity contribution in [2.24, 2.45) is 5.73 Å². The Kier molecular flexibility index (Phi) is 4.20. The maximum atomic E-state index is 6.10. The van der Waals surface area contributed by atoms with E-state index in [1.54, 1.807) is 7.11 Å². The van der Waals surface area contributed by atoms with Crippen LogP contribution in [-0.4, -0.2) is 23.9 Å². The highest BCUT2D eigenvalue weighted by molar-refractivity contribution is 5.32. The summed E-state index contributed by atoms with van der Waals surface area (Å²) in [7, 11) is 1.60. The quantitative estimate of drug-likeness (QED) is 0.904. The lowest BCUT2D eigenvalue weighted by Gasteiger charge is -2.18. The van der Waals surface area contributed by atoms with Gasteiger partial charge in [-0.3, -0.25) is 0 Å². The molecule has 2 N–H and O–H groups in total. The molecule has 1 heterocycles. The van der Waals surface area contributed by atoms with Crippen molar-refractivity contribution in [3.05, 3.63) is 46.6 Å². The molecule has 2 aromatic rings. The van der Waals surface area contributed by atoms with Crippen molar-refractivity contribution in [3.63, 3.8) is 0 Å². The number of nitrogens with two attached hydrogens (primary N) is 1. The van der Waals surface area contributed by atoms with Gasteiger partial charge >= 0.3 is 0 Å². The molecule has 0 radical (unpaired) electrons. The molecule has 0 saturated carbocycles. The molecule has 0 fully saturated rings. The Bertz CT molecular complexity index is 591. The van der Waals surface area contributed by atoms with Gasteiger partial charge in [-0.05, 0) is 31.9 Å². The molecule has 0 aliphatic heterocycles. The Morgan fingerprint density at radius 1 is 1.35 bits per heavy atom. The number of hydrogen-bond donors (Lipinski definition) is 1. The summed E-state index contributed by atoms with van der Waals surface area (Å²) in [5.41, 5.74) is 8.97. The van der Waals surface area contributed by atoms with Crippen LogP contribution < -0.4 is 5.73 Å². The molecule has 2 rings (SSSR count). The summed E-state index contributed by atoms with van der Waals surface area (Å²) >= 11 is 0. The van der Waals surface area contributed by atoms with Crippen LogP contribution in [0.4, 0.5) is 0 Å². The van der Waals surface area contributed by atoms with Gasteiger partial charge in [-0.1, -0.05) is 28.9 Å². The summed E-state index contributed by atoms with van der Waals surface area (Å²) in [5.74, 6) is 1.04. The van der Waals surface area contributed by atoms with Crippen LogP contribution in [0.3, 0.4) is 0 Å². The normalized spacial score (nSPS) is 14.2. The highest BCUT2D eigenvalue weighted by Crippen LogP contribution is 2.18. The number of aromatic nitrogens is 2. The Balaban J connectivity index is 2.19. The van der Waals surface area contributed by atoms with E-state index in [4.69, 9.17) is 15.0 Å². The summed E-state index contributed by atoms with van der Waals surface area (Å²) in [6.45, 7) is 6.31. The molecule has 0 aliphatic carbocycles. The SMILES string of the molecule is COCC(C)(N)c1noc(Cc2cc(C)ccc2C)n1. The van der Waals surface area contributed by atoms with E-state index in [1.807, 2.05) is 6.92 Å². The third kappa shape index (κ3) is 3.23. The van der Waals surface area contributed by atoms with Gasteiger partial charge in [0.1, 0.15) is 5.54 Å². The number of aryl methyl sites for hydroxylation is 2. The van der Waals surface area contributed by atoms with Crippen LogP contribution in [0.1, 0.15) is 35.3 Å². The smallest absolute Gasteiger partial charge is 0.231 e. The van der Waals surface area contributed by atoms with E-state index in [-0.39, 0.29) is 0 Å². The highest BCUT2D eigenvalue weighted by atomic mass is 16.5. The van der Waals surface area contributed by atoms with Crippen molar-refractivity contribution in [1.29, 1.82) is 0 Å². The Morgan fingerprint density at radius 2 is 2.10 bits per heavy atom. The lowest BCUT2D eigenvalue weighted by atomic mass is 10.0. The molecule has 1 unspecified atom stereocenters. The van der Waals surface area contributed by atoms with E-state index in [9.17, 15) is 0 Å². The molecule has 0 spiro atoms. The highest BCUT2D eigenvalue weighted by Gasteiger charge is 2.27. The average Bonchev–Trinajstić information content (AvgIpc) is 2.83. The van der Waals surface area contributed by atoms with Crippen LogP contribution in [0.5, 0.6) is 0 Å². The number of nitrogens with zero attached hydrogens (tertiary/aromatic N) is 2. The third-order valence-corrected chi connectivity index (χ3v) is 3.27. The summed E-state index contributed by atoms with van der Waals surface area (Å²) in [4.78, 5) is 4.38. The lowest BCUT2D eigenvalue weighted by molar-refractivity contribution is 0.135. The van der Waals surface area contributed by atoms with Crippen LogP contribution in [0.25, 0.3) is 0 Å². The standard InChI is InChI=1S/C15H21N3O2/c1-10-5-6-11(2)12(7-10)8-13-17-14(18-20-13)15(3,16)9-19-4/h5-7H,8-9,16H2,1-4H3. The monoisotopic (exact) mass is 275 g/mol. The predicted octanol–water partition coefficient (Wildman–Crippen LogP) is 2.10. The van der Waals surface area contributed by atoms with E-state index >= 15 is 0 Å². The molecule has 0 amide bonds. The van der Waals surface area contributed by atoms with Gasteiger partial charge in [-0.2, -0.15) is 4.98 Å². The summed E-state index contributed by atoms with van der Waals surface area (Å²) in [6.07, 6.45) is 0.615. The second kappa shape index (κ2) is 5.73. The fraction of sp³-hybridized carbons (Fsp3) is 0.467. The van der Waals surface area contributed by atoms with Crippen molar-refractivity contribution in [2.75, 3.05) is 13.7 Å². The maximum Gasteiger partial charge on any atom is 0.231 e. The predicted molar refractivity (Wildman–Crippen MR) is 76.4 cm³/mol. The molecule has 1 aromatic carbocycles. The summed E-state index contributed by atoms with van der Waals surface area (Å²) in [5, 5.41) is 3.96. The van der Waals surface area contributed by atoms with Gasteiger partial charge in [0, 0.05) is 7.11 Å². The van der Waals surface area contributed by atoms with Crippen molar-refractivity contribution in [3.8, 4) is 0 Å². The van der Waals surface area contributed by atoms with Crippen LogP contribution in [-0.2, 0) is 16.7 Å². The van der Waals surface area contributed by atoms with Gasteiger partial charge < -0.3 is 15.0 Å². The topological polar surface area (TPSA) is 74.2 Å². The lowest BCUT2D eigenvalue weighted by Crippen LogP contribution is -2.39. The first-order valence-electron chi connectivity index (χ1n) is 6.59. The van der Waals surface area contributed by atoms with E-state index < -0.39 is 5.54 Å². The zero-order valence-electron chi connectivity index (χ0n) is 12.4. The van der Waals surface area contributed by atoms with Crippen LogP contribution in [0.15, 0.2) is 22.7 Å². The van der Waals surface area contributed by atoms with Crippen molar-refractivity contribution in [1.82, 2.24) is 10.1 Å². The van der Waals surface area contributed by atoms with Gasteiger partial charge in [-0.15, -0.1) is 0 Å². The molecule has 5 nitrogen and oxygen atoms in total. The zero-order chi connectivity index (χ0) is 14.8. The Hall–Kier alpha value is -1.72. The molecule has 0 aliphatic rings. The van der Waals surface area contributed by atoms with E-state index in [0.29, 0.717) is 24.7 Å². The second-order valence-electron chi connectivity index (χ2n) is 5.47. The number of hydrogen-bond acceptors (Lipinski definition) is 5. The first kappa shape index (κ1) is 14.7. The molecule has 5 heteroatoms. The van der Waals surface area contributed by atoms with Gasteiger partial charge in [-0.25, -0.2) is 0 Å². The first-order valence-corrected chi connectivity index (χ1v) is 6.59. The average molecular weight is 275 g/mol. The first-order chi connectivity index (χ1) is 9.42. The van der Waals surface area contributed by atoms with Crippen LogP contribution in [0, 0.1) is 13.8 Å². The minimum absolute atomic E-state index is 0.343. The van der Waals surface area contributed by atoms with Crippen LogP contribution >= 0.6 is 0 Å². The van der Waals surface area contributed by atoms with Crippen molar-refractivity contribution in [2.45, 2.75) is 32.7 Å². The fourth-order valence-corrected chi connectivity index (χ4v) is 2.08. The van der Waals surface area contributed by atoms with Gasteiger partial charge in [0.25, 0.3) is 0 Å². The number of benzene rings is 1. The number of rotatable bonds is 5. The van der Waals surface area contributed by atoms with E-state index in [1.165, 1.54) is 16.7 Å². The molecular formula is C15H21N3O2. The van der Waals surface area contributed by atoms with Crippen LogP contribution in [0.2, 0.25) is 0 Å². The fourth-order valence-electron chi connectivity index (χ4n) is 2.08. The molecule has 108 valence electrons.